The highest BCUT2D eigenvalue weighted by Crippen LogP contribution is 2.36. The van der Waals surface area contributed by atoms with Crippen molar-refractivity contribution in [1.29, 1.82) is 0 Å². The fourth-order valence-electron chi connectivity index (χ4n) is 2.38. The molecule has 1 N–H and O–H groups in total. The van der Waals surface area contributed by atoms with E-state index in [-0.39, 0.29) is 15.9 Å². The molecule has 0 aliphatic carbocycles. The number of amidine groups is 1. The fraction of sp³-hybridized carbons (Fsp3) is 0.188. The Morgan fingerprint density at radius 3 is 2.77 bits per heavy atom. The van der Waals surface area contributed by atoms with E-state index in [1.165, 1.54) is 28.9 Å². The van der Waals surface area contributed by atoms with Crippen molar-refractivity contribution in [3.05, 3.63) is 53.2 Å². The number of allylic oxidation sites excluding steroid dienone is 1. The number of aliphatic imine (C=N–C) groups is 1. The number of carbonyl (C=O) groups is 1. The highest BCUT2D eigenvalue weighted by atomic mass is 35.5. The van der Waals surface area contributed by atoms with Gasteiger partial charge in [0.2, 0.25) is 0 Å². The normalized spacial score (nSPS) is 15.0. The predicted octanol–water partition coefficient (Wildman–Crippen LogP) is 3.03. The lowest BCUT2D eigenvalue weighted by molar-refractivity contribution is 0.246. The van der Waals surface area contributed by atoms with Crippen molar-refractivity contribution in [2.24, 2.45) is 4.99 Å². The summed E-state index contributed by atoms with van der Waals surface area (Å²) in [5.74, 6) is 0.969. The number of rotatable bonds is 2. The van der Waals surface area contributed by atoms with E-state index in [0.29, 0.717) is 17.3 Å². The second-order valence-electron chi connectivity index (χ2n) is 5.58. The van der Waals surface area contributed by atoms with E-state index in [1.807, 2.05) is 0 Å². The molecule has 10 heteroatoms. The van der Waals surface area contributed by atoms with Crippen molar-refractivity contribution in [3.63, 3.8) is 0 Å². The first-order chi connectivity index (χ1) is 12.3. The largest absolute Gasteiger partial charge is 0.332 e. The minimum Gasteiger partial charge on any atom is -0.294 e. The van der Waals surface area contributed by atoms with Gasteiger partial charge in [0.1, 0.15) is 12.2 Å². The zero-order valence-electron chi connectivity index (χ0n) is 13.9. The van der Waals surface area contributed by atoms with Gasteiger partial charge in [0.05, 0.1) is 21.4 Å². The molecular weight excluding hydrogens is 396 g/mol. The van der Waals surface area contributed by atoms with Crippen LogP contribution in [0, 0.1) is 0 Å². The van der Waals surface area contributed by atoms with Crippen LogP contribution in [0.25, 0.3) is 4.91 Å². The summed E-state index contributed by atoms with van der Waals surface area (Å²) in [5, 5.41) is 2.92. The lowest BCUT2D eigenvalue weighted by Crippen LogP contribution is -2.35. The Morgan fingerprint density at radius 2 is 2.15 bits per heavy atom. The number of nitrogens with zero attached hydrogens (tertiary/aromatic N) is 3. The number of thioether (sulfide) groups is 1. The van der Waals surface area contributed by atoms with Gasteiger partial charge in [0, 0.05) is 23.6 Å². The molecule has 0 saturated carbocycles. The van der Waals surface area contributed by atoms with Gasteiger partial charge in [0.15, 0.2) is 9.84 Å². The van der Waals surface area contributed by atoms with Gasteiger partial charge in [0.25, 0.3) is 0 Å². The topological polar surface area (TPSA) is 93.4 Å². The summed E-state index contributed by atoms with van der Waals surface area (Å²) >= 11 is 7.47. The molecule has 0 atom stereocenters. The number of imidazole rings is 1. The standard InChI is InChI=1S/C16H15ClN4O3S2/c1-10-15(11-3-4-12(17)13(7-11)26(2,23)24)25-8-14(19-10)20-16(22)21-6-5-18-9-21/h3-7,9H,8H2,1-2H3,(H,19,20,22). The average molecular weight is 411 g/mol. The van der Waals surface area contributed by atoms with Gasteiger partial charge in [-0.1, -0.05) is 17.7 Å². The van der Waals surface area contributed by atoms with E-state index in [9.17, 15) is 13.2 Å². The maximum atomic E-state index is 12.0. The summed E-state index contributed by atoms with van der Waals surface area (Å²) < 4.78 is 25.1. The first-order valence-electron chi connectivity index (χ1n) is 7.46. The number of nitrogens with one attached hydrogen (secondary N) is 1. The molecule has 0 fully saturated rings. The van der Waals surface area contributed by atoms with E-state index in [1.54, 1.807) is 31.3 Å². The molecule has 1 aliphatic rings. The average Bonchev–Trinajstić information content (AvgIpc) is 3.09. The zero-order valence-corrected chi connectivity index (χ0v) is 16.3. The van der Waals surface area contributed by atoms with Crippen molar-refractivity contribution in [1.82, 2.24) is 14.9 Å². The predicted molar refractivity (Wildman–Crippen MR) is 103 cm³/mol. The molecular formula is C16H15ClN4O3S2. The Bertz CT molecular complexity index is 1030. The van der Waals surface area contributed by atoms with Crippen LogP contribution in [0.3, 0.4) is 0 Å². The van der Waals surface area contributed by atoms with Gasteiger partial charge in [-0.25, -0.2) is 23.2 Å². The van der Waals surface area contributed by atoms with Crippen molar-refractivity contribution in [2.75, 3.05) is 12.0 Å². The van der Waals surface area contributed by atoms with E-state index < -0.39 is 9.84 Å². The van der Waals surface area contributed by atoms with Crippen LogP contribution in [0.15, 0.2) is 52.5 Å². The third-order valence-electron chi connectivity index (χ3n) is 3.57. The van der Waals surface area contributed by atoms with Crippen LogP contribution in [-0.4, -0.2) is 41.8 Å². The number of hydrogen-bond donors (Lipinski definition) is 1. The van der Waals surface area contributed by atoms with Crippen LogP contribution in [-0.2, 0) is 9.84 Å². The summed E-state index contributed by atoms with van der Waals surface area (Å²) in [4.78, 5) is 21.2. The lowest BCUT2D eigenvalue weighted by Gasteiger charge is -2.18. The molecule has 1 amide bonds. The van der Waals surface area contributed by atoms with Gasteiger partial charge in [-0.2, -0.15) is 0 Å². The molecule has 1 aromatic carbocycles. The minimum atomic E-state index is -3.43. The van der Waals surface area contributed by atoms with E-state index in [0.717, 1.165) is 16.7 Å². The lowest BCUT2D eigenvalue weighted by atomic mass is 10.2. The Kier molecular flexibility index (Phi) is 5.22. The van der Waals surface area contributed by atoms with Crippen molar-refractivity contribution >= 4 is 50.0 Å². The Morgan fingerprint density at radius 1 is 1.38 bits per heavy atom. The third-order valence-corrected chi connectivity index (χ3v) is 6.38. The van der Waals surface area contributed by atoms with Gasteiger partial charge in [-0.05, 0) is 24.6 Å². The number of benzene rings is 1. The second kappa shape index (κ2) is 7.26. The highest BCUT2D eigenvalue weighted by Gasteiger charge is 2.20. The third kappa shape index (κ3) is 4.00. The van der Waals surface area contributed by atoms with Gasteiger partial charge in [-0.3, -0.25) is 9.88 Å². The molecule has 1 aromatic heterocycles. The van der Waals surface area contributed by atoms with Crippen LogP contribution in [0.5, 0.6) is 0 Å². The molecule has 0 radical (unpaired) electrons. The Labute approximate surface area is 160 Å². The molecule has 2 aromatic rings. The maximum Gasteiger partial charge on any atom is 0.332 e. The van der Waals surface area contributed by atoms with Crippen molar-refractivity contribution in [2.45, 2.75) is 11.8 Å². The summed E-state index contributed by atoms with van der Waals surface area (Å²) in [5.41, 5.74) is 1.41. The second-order valence-corrected chi connectivity index (χ2v) is 8.96. The molecule has 7 nitrogen and oxygen atoms in total. The number of aromatic nitrogens is 2. The van der Waals surface area contributed by atoms with Crippen molar-refractivity contribution in [3.8, 4) is 0 Å². The molecule has 0 bridgehead atoms. The first kappa shape index (κ1) is 18.7. The Balaban J connectivity index is 1.88. The van der Waals surface area contributed by atoms with Crippen LogP contribution in [0.1, 0.15) is 12.5 Å². The first-order valence-corrected chi connectivity index (χ1v) is 10.7. The zero-order chi connectivity index (χ0) is 18.9. The van der Waals surface area contributed by atoms with Gasteiger partial charge < -0.3 is 0 Å². The summed E-state index contributed by atoms with van der Waals surface area (Å²) in [6, 6.07) is 4.53. The van der Waals surface area contributed by atoms with E-state index in [4.69, 9.17) is 11.6 Å². The van der Waals surface area contributed by atoms with Gasteiger partial charge >= 0.3 is 6.03 Å². The van der Waals surface area contributed by atoms with Crippen molar-refractivity contribution < 1.29 is 13.2 Å². The van der Waals surface area contributed by atoms with Gasteiger partial charge in [-0.15, -0.1) is 11.8 Å². The molecule has 136 valence electrons. The number of carbonyl (C=O) groups excluding carboxylic acids is 1. The molecule has 0 unspecified atom stereocenters. The van der Waals surface area contributed by atoms with E-state index in [2.05, 4.69) is 15.3 Å². The number of halogens is 1. The molecule has 1 aliphatic heterocycles. The summed E-state index contributed by atoms with van der Waals surface area (Å²) in [6.07, 6.45) is 5.58. The fourth-order valence-corrected chi connectivity index (χ4v) is 4.65. The van der Waals surface area contributed by atoms with Crippen LogP contribution < -0.4 is 5.32 Å². The molecule has 26 heavy (non-hydrogen) atoms. The molecule has 0 spiro atoms. The molecule has 2 heterocycles. The van der Waals surface area contributed by atoms with Crippen LogP contribution >= 0.6 is 23.4 Å². The van der Waals surface area contributed by atoms with Crippen LogP contribution in [0.4, 0.5) is 4.79 Å². The SMILES string of the molecule is CC1=C(c2ccc(Cl)c(S(C)(=O)=O)c2)SCC(NC(=O)n2ccnc2)=N1. The summed E-state index contributed by atoms with van der Waals surface area (Å²) in [7, 11) is -3.43. The molecule has 0 saturated heterocycles. The number of amides is 1. The van der Waals surface area contributed by atoms with Crippen LogP contribution in [0.2, 0.25) is 5.02 Å². The summed E-state index contributed by atoms with van der Waals surface area (Å²) in [6.45, 7) is 1.81. The smallest absolute Gasteiger partial charge is 0.294 e. The number of hydrogen-bond acceptors (Lipinski definition) is 6. The maximum absolute atomic E-state index is 12.0. The quantitative estimate of drug-likeness (QED) is 0.821. The molecule has 3 rings (SSSR count). The Hall–Kier alpha value is -2.10. The number of sulfone groups is 1. The monoisotopic (exact) mass is 410 g/mol. The minimum absolute atomic E-state index is 0.0840. The highest BCUT2D eigenvalue weighted by molar-refractivity contribution is 8.09. The van der Waals surface area contributed by atoms with E-state index >= 15 is 0 Å².